The van der Waals surface area contributed by atoms with Crippen molar-refractivity contribution in [1.82, 2.24) is 0 Å². The Kier molecular flexibility index (Phi) is 3.53. The molecule has 1 unspecified atom stereocenters. The van der Waals surface area contributed by atoms with Crippen LogP contribution in [0.3, 0.4) is 0 Å². The lowest BCUT2D eigenvalue weighted by atomic mass is 9.85. The van der Waals surface area contributed by atoms with E-state index in [4.69, 9.17) is 16.3 Å². The molecular formula is C10H12BrClOS. The van der Waals surface area contributed by atoms with Gasteiger partial charge in [0.2, 0.25) is 0 Å². The van der Waals surface area contributed by atoms with E-state index in [0.717, 1.165) is 26.1 Å². The van der Waals surface area contributed by atoms with Gasteiger partial charge in [0.15, 0.2) is 0 Å². The first-order valence-electron chi connectivity index (χ1n) is 4.61. The first kappa shape index (κ1) is 10.9. The summed E-state index contributed by atoms with van der Waals surface area (Å²) in [5, 5.41) is 2.12. The summed E-state index contributed by atoms with van der Waals surface area (Å²) < 4.78 is 6.61. The second-order valence-electron chi connectivity index (χ2n) is 3.84. The van der Waals surface area contributed by atoms with E-state index in [1.165, 1.54) is 9.35 Å². The number of thiophene rings is 1. The van der Waals surface area contributed by atoms with E-state index in [-0.39, 0.29) is 5.41 Å². The Bertz CT molecular complexity index is 307. The molecule has 0 spiro atoms. The summed E-state index contributed by atoms with van der Waals surface area (Å²) in [5.41, 5.74) is 0.186. The van der Waals surface area contributed by atoms with E-state index in [1.54, 1.807) is 11.3 Å². The molecule has 1 aromatic heterocycles. The van der Waals surface area contributed by atoms with Gasteiger partial charge in [-0.05, 0) is 34.8 Å². The van der Waals surface area contributed by atoms with Crippen LogP contribution < -0.4 is 0 Å². The molecule has 4 heteroatoms. The van der Waals surface area contributed by atoms with E-state index in [2.05, 4.69) is 27.4 Å². The number of rotatable bonds is 3. The predicted octanol–water partition coefficient (Wildman–Crippen LogP) is 3.70. The van der Waals surface area contributed by atoms with Crippen molar-refractivity contribution in [2.45, 2.75) is 12.8 Å². The molecule has 2 heterocycles. The van der Waals surface area contributed by atoms with Crippen molar-refractivity contribution in [2.75, 3.05) is 19.1 Å². The molecule has 1 saturated heterocycles. The van der Waals surface area contributed by atoms with Gasteiger partial charge in [-0.1, -0.05) is 0 Å². The lowest BCUT2D eigenvalue weighted by Gasteiger charge is -2.23. The molecule has 1 fully saturated rings. The van der Waals surface area contributed by atoms with E-state index in [0.29, 0.717) is 5.88 Å². The Morgan fingerprint density at radius 3 is 3.00 bits per heavy atom. The highest BCUT2D eigenvalue weighted by Crippen LogP contribution is 2.36. The monoisotopic (exact) mass is 294 g/mol. The van der Waals surface area contributed by atoms with Crippen molar-refractivity contribution >= 4 is 38.9 Å². The van der Waals surface area contributed by atoms with Crippen LogP contribution in [-0.2, 0) is 11.2 Å². The zero-order chi connectivity index (χ0) is 10.0. The summed E-state index contributed by atoms with van der Waals surface area (Å²) in [6.45, 7) is 1.67. The van der Waals surface area contributed by atoms with Gasteiger partial charge in [0.1, 0.15) is 0 Å². The standard InChI is InChI=1S/C10H12BrClOS/c11-8-3-9(14-5-8)4-10(6-12)1-2-13-7-10/h3,5H,1-2,4,6-7H2. The van der Waals surface area contributed by atoms with Crippen LogP contribution in [0.5, 0.6) is 0 Å². The van der Waals surface area contributed by atoms with Crippen LogP contribution >= 0.6 is 38.9 Å². The molecule has 0 radical (unpaired) electrons. The Morgan fingerprint density at radius 1 is 1.64 bits per heavy atom. The average Bonchev–Trinajstić information content (AvgIpc) is 2.77. The fourth-order valence-corrected chi connectivity index (χ4v) is 3.69. The predicted molar refractivity (Wildman–Crippen MR) is 64.3 cm³/mol. The molecule has 1 aromatic rings. The van der Waals surface area contributed by atoms with Crippen molar-refractivity contribution < 1.29 is 4.74 Å². The van der Waals surface area contributed by atoms with Crippen LogP contribution in [-0.4, -0.2) is 19.1 Å². The van der Waals surface area contributed by atoms with Gasteiger partial charge in [0, 0.05) is 32.6 Å². The molecule has 0 saturated carbocycles. The number of hydrogen-bond acceptors (Lipinski definition) is 2. The zero-order valence-corrected chi connectivity index (χ0v) is 10.9. The number of halogens is 2. The lowest BCUT2D eigenvalue weighted by Crippen LogP contribution is -2.25. The van der Waals surface area contributed by atoms with Gasteiger partial charge in [-0.15, -0.1) is 22.9 Å². The lowest BCUT2D eigenvalue weighted by molar-refractivity contribution is 0.161. The fraction of sp³-hybridized carbons (Fsp3) is 0.600. The van der Waals surface area contributed by atoms with Crippen molar-refractivity contribution in [2.24, 2.45) is 5.41 Å². The van der Waals surface area contributed by atoms with Crippen LogP contribution in [0.2, 0.25) is 0 Å². The van der Waals surface area contributed by atoms with Gasteiger partial charge in [-0.25, -0.2) is 0 Å². The maximum atomic E-state index is 6.03. The summed E-state index contributed by atoms with van der Waals surface area (Å²) >= 11 is 11.3. The van der Waals surface area contributed by atoms with E-state index >= 15 is 0 Å². The molecule has 2 rings (SSSR count). The largest absolute Gasteiger partial charge is 0.381 e. The van der Waals surface area contributed by atoms with Crippen LogP contribution in [0, 0.1) is 5.41 Å². The molecule has 1 aliphatic rings. The molecule has 1 nitrogen and oxygen atoms in total. The zero-order valence-electron chi connectivity index (χ0n) is 7.76. The maximum absolute atomic E-state index is 6.03. The SMILES string of the molecule is ClCC1(Cc2cc(Br)cs2)CCOC1. The molecule has 14 heavy (non-hydrogen) atoms. The first-order valence-corrected chi connectivity index (χ1v) is 6.81. The summed E-state index contributed by atoms with van der Waals surface area (Å²) in [5.74, 6) is 0.697. The highest BCUT2D eigenvalue weighted by Gasteiger charge is 2.34. The fourth-order valence-electron chi connectivity index (χ4n) is 1.76. The minimum absolute atomic E-state index is 0.186. The molecule has 78 valence electrons. The Balaban J connectivity index is 2.08. The smallest absolute Gasteiger partial charge is 0.0538 e. The number of alkyl halides is 1. The molecule has 1 aliphatic heterocycles. The van der Waals surface area contributed by atoms with E-state index in [9.17, 15) is 0 Å². The van der Waals surface area contributed by atoms with Gasteiger partial charge in [0.25, 0.3) is 0 Å². The molecule has 1 atom stereocenters. The Labute approximate surface area is 102 Å². The number of hydrogen-bond donors (Lipinski definition) is 0. The second-order valence-corrected chi connectivity index (χ2v) is 6.02. The van der Waals surface area contributed by atoms with Crippen molar-refractivity contribution in [1.29, 1.82) is 0 Å². The summed E-state index contributed by atoms with van der Waals surface area (Å²) in [4.78, 5) is 1.39. The highest BCUT2D eigenvalue weighted by molar-refractivity contribution is 9.10. The normalized spacial score (nSPS) is 27.0. The minimum Gasteiger partial charge on any atom is -0.381 e. The van der Waals surface area contributed by atoms with Gasteiger partial charge in [-0.2, -0.15) is 0 Å². The molecule has 0 bridgehead atoms. The Hall–Kier alpha value is 0.430. The molecule has 0 aliphatic carbocycles. The van der Waals surface area contributed by atoms with Gasteiger partial charge in [-0.3, -0.25) is 0 Å². The summed E-state index contributed by atoms with van der Waals surface area (Å²) in [6, 6.07) is 2.18. The quantitative estimate of drug-likeness (QED) is 0.773. The van der Waals surface area contributed by atoms with E-state index < -0.39 is 0 Å². The third-order valence-electron chi connectivity index (χ3n) is 2.64. The highest BCUT2D eigenvalue weighted by atomic mass is 79.9. The summed E-state index contributed by atoms with van der Waals surface area (Å²) in [6.07, 6.45) is 2.14. The molecule has 0 N–H and O–H groups in total. The topological polar surface area (TPSA) is 9.23 Å². The molecular weight excluding hydrogens is 284 g/mol. The van der Waals surface area contributed by atoms with Crippen LogP contribution in [0.15, 0.2) is 15.9 Å². The third kappa shape index (κ3) is 2.32. The first-order chi connectivity index (χ1) is 6.74. The average molecular weight is 296 g/mol. The molecule has 0 aromatic carbocycles. The maximum Gasteiger partial charge on any atom is 0.0538 e. The van der Waals surface area contributed by atoms with Gasteiger partial charge < -0.3 is 4.74 Å². The Morgan fingerprint density at radius 2 is 2.50 bits per heavy atom. The minimum atomic E-state index is 0.186. The van der Waals surface area contributed by atoms with Gasteiger partial charge in [0.05, 0.1) is 6.61 Å². The van der Waals surface area contributed by atoms with Crippen LogP contribution in [0.25, 0.3) is 0 Å². The van der Waals surface area contributed by atoms with E-state index in [1.807, 2.05) is 0 Å². The third-order valence-corrected chi connectivity index (χ3v) is 4.90. The van der Waals surface area contributed by atoms with Crippen molar-refractivity contribution in [3.63, 3.8) is 0 Å². The van der Waals surface area contributed by atoms with Crippen molar-refractivity contribution in [3.8, 4) is 0 Å². The summed E-state index contributed by atoms with van der Waals surface area (Å²) in [7, 11) is 0. The van der Waals surface area contributed by atoms with Crippen molar-refractivity contribution in [3.05, 3.63) is 20.8 Å². The van der Waals surface area contributed by atoms with Gasteiger partial charge >= 0.3 is 0 Å². The van der Waals surface area contributed by atoms with Crippen LogP contribution in [0.1, 0.15) is 11.3 Å². The molecule has 0 amide bonds. The van der Waals surface area contributed by atoms with Crippen LogP contribution in [0.4, 0.5) is 0 Å². The second kappa shape index (κ2) is 4.52. The number of ether oxygens (including phenoxy) is 1.